The molecule has 0 radical (unpaired) electrons. The van der Waals surface area contributed by atoms with Gasteiger partial charge in [0.1, 0.15) is 0 Å². The lowest BCUT2D eigenvalue weighted by Crippen LogP contribution is -2.28. The Morgan fingerprint density at radius 2 is 1.55 bits per heavy atom. The minimum absolute atomic E-state index is 0.0850. The third-order valence-corrected chi connectivity index (χ3v) is 6.20. The summed E-state index contributed by atoms with van der Waals surface area (Å²) in [6.07, 6.45) is 0.725. The zero-order valence-corrected chi connectivity index (χ0v) is 17.2. The summed E-state index contributed by atoms with van der Waals surface area (Å²) in [6, 6.07) is 22.9. The molecule has 0 fully saturated rings. The molecule has 3 aromatic carbocycles. The van der Waals surface area contributed by atoms with E-state index >= 15 is 0 Å². The molecule has 0 saturated heterocycles. The molecule has 0 aromatic heterocycles. The largest absolute Gasteiger partial charge is 0.345 e. The minimum Gasteiger partial charge on any atom is -0.345 e. The van der Waals surface area contributed by atoms with E-state index in [9.17, 15) is 13.2 Å². The number of para-hydroxylation sites is 1. The number of benzene rings is 3. The third-order valence-electron chi connectivity index (χ3n) is 4.68. The van der Waals surface area contributed by atoms with Gasteiger partial charge >= 0.3 is 0 Å². The number of hydrogen-bond acceptors (Lipinski definition) is 3. The summed E-state index contributed by atoms with van der Waals surface area (Å²) in [4.78, 5) is 12.9. The first-order valence-corrected chi connectivity index (χ1v) is 10.9. The number of carbonyl (C=O) groups is 1. The van der Waals surface area contributed by atoms with E-state index in [2.05, 4.69) is 10.0 Å². The number of nitrogens with one attached hydrogen (secondary N) is 2. The molecule has 0 heterocycles. The first-order valence-electron chi connectivity index (χ1n) is 9.45. The normalized spacial score (nSPS) is 12.2. The lowest BCUT2D eigenvalue weighted by molar-refractivity contribution is 0.0935. The molecule has 0 aliphatic carbocycles. The predicted molar refractivity (Wildman–Crippen MR) is 115 cm³/mol. The summed E-state index contributed by atoms with van der Waals surface area (Å²) in [5.74, 6) is -0.308. The SMILES string of the molecule is CC[C@H](NC(=O)c1ccc(C)c(S(=O)(=O)Nc2ccccc2)c1)c1ccccc1. The number of sulfonamides is 1. The number of rotatable bonds is 7. The molecule has 1 amide bonds. The van der Waals surface area contributed by atoms with Crippen LogP contribution in [0.5, 0.6) is 0 Å². The number of hydrogen-bond donors (Lipinski definition) is 2. The second-order valence-electron chi connectivity index (χ2n) is 6.80. The van der Waals surface area contributed by atoms with Gasteiger partial charge in [0.25, 0.3) is 15.9 Å². The molecule has 0 saturated carbocycles. The molecule has 29 heavy (non-hydrogen) atoms. The minimum atomic E-state index is -3.82. The van der Waals surface area contributed by atoms with Gasteiger partial charge in [-0.25, -0.2) is 8.42 Å². The molecule has 3 aromatic rings. The van der Waals surface area contributed by atoms with Gasteiger partial charge in [-0.2, -0.15) is 0 Å². The van der Waals surface area contributed by atoms with Crippen molar-refractivity contribution < 1.29 is 13.2 Å². The van der Waals surface area contributed by atoms with Crippen molar-refractivity contribution in [2.24, 2.45) is 0 Å². The van der Waals surface area contributed by atoms with Crippen LogP contribution in [-0.2, 0) is 10.0 Å². The van der Waals surface area contributed by atoms with Crippen molar-refractivity contribution in [2.45, 2.75) is 31.2 Å². The summed E-state index contributed by atoms with van der Waals surface area (Å²) in [5.41, 5.74) is 2.35. The van der Waals surface area contributed by atoms with Gasteiger partial charge in [0.05, 0.1) is 10.9 Å². The second-order valence-corrected chi connectivity index (χ2v) is 8.45. The van der Waals surface area contributed by atoms with Crippen LogP contribution in [0, 0.1) is 6.92 Å². The van der Waals surface area contributed by atoms with Crippen LogP contribution in [-0.4, -0.2) is 14.3 Å². The summed E-state index contributed by atoms with van der Waals surface area (Å²) < 4.78 is 28.3. The van der Waals surface area contributed by atoms with Crippen LogP contribution < -0.4 is 10.0 Å². The van der Waals surface area contributed by atoms with Crippen molar-refractivity contribution in [3.63, 3.8) is 0 Å². The van der Waals surface area contributed by atoms with Crippen molar-refractivity contribution in [1.29, 1.82) is 0 Å². The van der Waals surface area contributed by atoms with Gasteiger partial charge in [-0.3, -0.25) is 9.52 Å². The molecule has 0 aliphatic rings. The molecule has 5 nitrogen and oxygen atoms in total. The fraction of sp³-hybridized carbons (Fsp3) is 0.174. The fourth-order valence-electron chi connectivity index (χ4n) is 3.10. The molecule has 6 heteroatoms. The Kier molecular flexibility index (Phi) is 6.34. The van der Waals surface area contributed by atoms with Crippen LogP contribution >= 0.6 is 0 Å². The summed E-state index contributed by atoms with van der Waals surface area (Å²) >= 11 is 0. The van der Waals surface area contributed by atoms with Gasteiger partial charge < -0.3 is 5.32 Å². The van der Waals surface area contributed by atoms with Crippen molar-refractivity contribution >= 4 is 21.6 Å². The average Bonchev–Trinajstić information content (AvgIpc) is 2.73. The van der Waals surface area contributed by atoms with E-state index < -0.39 is 10.0 Å². The highest BCUT2D eigenvalue weighted by atomic mass is 32.2. The van der Waals surface area contributed by atoms with Gasteiger partial charge in [-0.05, 0) is 48.7 Å². The monoisotopic (exact) mass is 408 g/mol. The Balaban J connectivity index is 1.85. The number of carbonyl (C=O) groups excluding carboxylic acids is 1. The van der Waals surface area contributed by atoms with Gasteiger partial charge in [0, 0.05) is 11.3 Å². The summed E-state index contributed by atoms with van der Waals surface area (Å²) in [7, 11) is -3.82. The molecule has 2 N–H and O–H groups in total. The third kappa shape index (κ3) is 5.03. The van der Waals surface area contributed by atoms with E-state index in [1.807, 2.05) is 43.3 Å². The molecule has 0 unspecified atom stereocenters. The van der Waals surface area contributed by atoms with Crippen LogP contribution in [0.15, 0.2) is 83.8 Å². The van der Waals surface area contributed by atoms with E-state index in [4.69, 9.17) is 0 Å². The fourth-order valence-corrected chi connectivity index (χ4v) is 4.43. The Labute approximate surface area is 171 Å². The molecular weight excluding hydrogens is 384 g/mol. The van der Waals surface area contributed by atoms with E-state index in [1.165, 1.54) is 6.07 Å². The predicted octanol–water partition coefficient (Wildman–Crippen LogP) is 4.68. The van der Waals surface area contributed by atoms with Gasteiger partial charge in [-0.15, -0.1) is 0 Å². The maximum Gasteiger partial charge on any atom is 0.262 e. The maximum absolute atomic E-state index is 12.9. The molecule has 1 atom stereocenters. The Hall–Kier alpha value is -3.12. The van der Waals surface area contributed by atoms with Crippen molar-refractivity contribution in [2.75, 3.05) is 4.72 Å². The van der Waals surface area contributed by atoms with Crippen LogP contribution in [0.1, 0.15) is 40.9 Å². The molecular formula is C23H24N2O3S. The quantitative estimate of drug-likeness (QED) is 0.596. The first kappa shape index (κ1) is 20.6. The van der Waals surface area contributed by atoms with E-state index in [0.29, 0.717) is 16.8 Å². The molecule has 0 bridgehead atoms. The van der Waals surface area contributed by atoms with Crippen molar-refractivity contribution in [3.8, 4) is 0 Å². The Morgan fingerprint density at radius 1 is 0.931 bits per heavy atom. The zero-order chi connectivity index (χ0) is 20.9. The molecule has 150 valence electrons. The number of anilines is 1. The number of aryl methyl sites for hydroxylation is 1. The van der Waals surface area contributed by atoms with Gasteiger partial charge in [0.15, 0.2) is 0 Å². The first-order chi connectivity index (χ1) is 13.9. The number of amides is 1. The van der Waals surface area contributed by atoms with Crippen LogP contribution in [0.2, 0.25) is 0 Å². The van der Waals surface area contributed by atoms with Gasteiger partial charge in [-0.1, -0.05) is 61.5 Å². The standard InChI is InChI=1S/C23H24N2O3S/c1-3-21(18-10-6-4-7-11-18)24-23(26)19-15-14-17(2)22(16-19)29(27,28)25-20-12-8-5-9-13-20/h4-16,21,25H,3H2,1-2H3,(H,24,26)/t21-/m0/s1. The highest BCUT2D eigenvalue weighted by Crippen LogP contribution is 2.22. The maximum atomic E-state index is 12.9. The average molecular weight is 409 g/mol. The van der Waals surface area contributed by atoms with Crippen LogP contribution in [0.4, 0.5) is 5.69 Å². The topological polar surface area (TPSA) is 75.3 Å². The molecule has 0 aliphatic heterocycles. The summed E-state index contributed by atoms with van der Waals surface area (Å²) in [6.45, 7) is 3.70. The lowest BCUT2D eigenvalue weighted by Gasteiger charge is -2.18. The lowest BCUT2D eigenvalue weighted by atomic mass is 10.0. The van der Waals surface area contributed by atoms with Crippen molar-refractivity contribution in [1.82, 2.24) is 5.32 Å². The van der Waals surface area contributed by atoms with Gasteiger partial charge in [0.2, 0.25) is 0 Å². The highest BCUT2D eigenvalue weighted by molar-refractivity contribution is 7.92. The Morgan fingerprint density at radius 3 is 2.17 bits per heavy atom. The Bertz CT molecular complexity index is 1080. The van der Waals surface area contributed by atoms with E-state index in [1.54, 1.807) is 43.3 Å². The summed E-state index contributed by atoms with van der Waals surface area (Å²) in [5, 5.41) is 2.99. The second kappa shape index (κ2) is 8.92. The molecule has 3 rings (SSSR count). The highest BCUT2D eigenvalue weighted by Gasteiger charge is 2.20. The van der Waals surface area contributed by atoms with E-state index in [-0.39, 0.29) is 16.8 Å². The van der Waals surface area contributed by atoms with Crippen LogP contribution in [0.25, 0.3) is 0 Å². The zero-order valence-electron chi connectivity index (χ0n) is 16.4. The van der Waals surface area contributed by atoms with Crippen LogP contribution in [0.3, 0.4) is 0 Å². The smallest absolute Gasteiger partial charge is 0.262 e. The van der Waals surface area contributed by atoms with E-state index in [0.717, 1.165) is 12.0 Å². The van der Waals surface area contributed by atoms with Crippen molar-refractivity contribution in [3.05, 3.63) is 95.6 Å². The molecule has 0 spiro atoms.